The van der Waals surface area contributed by atoms with E-state index in [0.717, 1.165) is 16.9 Å². The van der Waals surface area contributed by atoms with Crippen LogP contribution in [0.3, 0.4) is 0 Å². The molecule has 0 atom stereocenters. The van der Waals surface area contributed by atoms with Gasteiger partial charge in [0.1, 0.15) is 11.6 Å². The third kappa shape index (κ3) is 2.12. The highest BCUT2D eigenvalue weighted by atomic mass is 127. The molecular formula is C16H19ClFIN2. The topological polar surface area (TPSA) is 17.8 Å². The molecule has 1 aromatic carbocycles. The third-order valence-corrected chi connectivity index (χ3v) is 6.34. The number of benzene rings is 1. The summed E-state index contributed by atoms with van der Waals surface area (Å²) in [5.74, 6) is 1.30. The fourth-order valence-electron chi connectivity index (χ4n) is 3.50. The van der Waals surface area contributed by atoms with Crippen molar-refractivity contribution in [3.8, 4) is 0 Å². The summed E-state index contributed by atoms with van der Waals surface area (Å²) in [7, 11) is 0. The van der Waals surface area contributed by atoms with Crippen LogP contribution in [0.4, 0.5) is 4.39 Å². The Kier molecular flexibility index (Phi) is 3.56. The van der Waals surface area contributed by atoms with Gasteiger partial charge >= 0.3 is 0 Å². The number of imidazole rings is 1. The van der Waals surface area contributed by atoms with E-state index >= 15 is 0 Å². The van der Waals surface area contributed by atoms with E-state index < -0.39 is 0 Å². The predicted molar refractivity (Wildman–Crippen MR) is 93.4 cm³/mol. The quantitative estimate of drug-likeness (QED) is 0.495. The van der Waals surface area contributed by atoms with E-state index in [4.69, 9.17) is 16.6 Å². The van der Waals surface area contributed by atoms with Crippen LogP contribution in [0.5, 0.6) is 0 Å². The molecule has 1 heterocycles. The van der Waals surface area contributed by atoms with Gasteiger partial charge in [0.15, 0.2) is 0 Å². The number of alkyl halides is 1. The molecule has 114 valence electrons. The van der Waals surface area contributed by atoms with Gasteiger partial charge in [-0.3, -0.25) is 0 Å². The minimum absolute atomic E-state index is 0.168. The molecule has 0 unspecified atom stereocenters. The molecule has 3 rings (SSSR count). The maximum atomic E-state index is 14.0. The highest BCUT2D eigenvalue weighted by Gasteiger charge is 2.66. The molecule has 0 bridgehead atoms. The van der Waals surface area contributed by atoms with Crippen molar-refractivity contribution in [3.63, 3.8) is 0 Å². The third-order valence-electron chi connectivity index (χ3n) is 5.33. The molecule has 2 aromatic rings. The fraction of sp³-hybridized carbons (Fsp3) is 0.562. The second-order valence-corrected chi connectivity index (χ2v) is 8.48. The Morgan fingerprint density at radius 1 is 1.29 bits per heavy atom. The molecule has 0 amide bonds. The maximum absolute atomic E-state index is 14.0. The van der Waals surface area contributed by atoms with E-state index in [9.17, 15) is 4.39 Å². The van der Waals surface area contributed by atoms with Crippen LogP contribution in [0, 0.1) is 20.2 Å². The summed E-state index contributed by atoms with van der Waals surface area (Å²) in [6, 6.07) is 3.77. The molecule has 1 fully saturated rings. The van der Waals surface area contributed by atoms with E-state index in [1.807, 2.05) is 28.7 Å². The molecule has 1 aliphatic carbocycles. The number of aromatic nitrogens is 2. The van der Waals surface area contributed by atoms with Gasteiger partial charge in [-0.05, 0) is 39.5 Å². The van der Waals surface area contributed by atoms with Crippen molar-refractivity contribution in [1.29, 1.82) is 0 Å². The van der Waals surface area contributed by atoms with Crippen molar-refractivity contribution >= 4 is 45.2 Å². The minimum atomic E-state index is -0.182. The van der Waals surface area contributed by atoms with E-state index in [1.165, 1.54) is 0 Å². The van der Waals surface area contributed by atoms with Gasteiger partial charge in [-0.15, -0.1) is 11.6 Å². The van der Waals surface area contributed by atoms with Crippen molar-refractivity contribution in [2.24, 2.45) is 10.8 Å². The average molecular weight is 421 g/mol. The molecule has 21 heavy (non-hydrogen) atoms. The normalized spacial score (nSPS) is 20.1. The number of aryl methyl sites for hydroxylation is 1. The van der Waals surface area contributed by atoms with Crippen LogP contribution in [0.15, 0.2) is 12.1 Å². The number of hydrogen-bond donors (Lipinski definition) is 0. The Labute approximate surface area is 143 Å². The Hall–Kier alpha value is -0.360. The zero-order valence-corrected chi connectivity index (χ0v) is 15.6. The largest absolute Gasteiger partial charge is 0.324 e. The molecule has 1 saturated carbocycles. The highest BCUT2D eigenvalue weighted by Crippen LogP contribution is 2.72. The van der Waals surface area contributed by atoms with Crippen molar-refractivity contribution in [3.05, 3.63) is 27.3 Å². The first-order valence-corrected chi connectivity index (χ1v) is 8.75. The molecular weight excluding hydrogens is 402 g/mol. The lowest BCUT2D eigenvalue weighted by Gasteiger charge is -2.11. The summed E-state index contributed by atoms with van der Waals surface area (Å²) in [5.41, 5.74) is 2.08. The zero-order valence-electron chi connectivity index (χ0n) is 12.7. The Balaban J connectivity index is 2.25. The van der Waals surface area contributed by atoms with E-state index in [0.29, 0.717) is 21.9 Å². The Morgan fingerprint density at radius 2 is 1.90 bits per heavy atom. The number of nitrogens with zero attached hydrogens (tertiary/aromatic N) is 2. The second kappa shape index (κ2) is 4.82. The first kappa shape index (κ1) is 15.5. The number of hydrogen-bond acceptors (Lipinski definition) is 1. The molecule has 0 saturated heterocycles. The molecule has 0 aliphatic heterocycles. The maximum Gasteiger partial charge on any atom is 0.138 e. The second-order valence-electron chi connectivity index (χ2n) is 6.94. The Bertz CT molecular complexity index is 707. The molecule has 2 nitrogen and oxygen atoms in total. The van der Waals surface area contributed by atoms with E-state index in [-0.39, 0.29) is 16.6 Å². The van der Waals surface area contributed by atoms with Gasteiger partial charge in [-0.25, -0.2) is 9.37 Å². The SMILES string of the molecule is CC1(C)C(n2c(CCCl)nc3cc(I)c(F)cc32)C1(C)C. The molecule has 1 aromatic heterocycles. The molecule has 0 radical (unpaired) electrons. The van der Waals surface area contributed by atoms with Gasteiger partial charge < -0.3 is 4.57 Å². The summed E-state index contributed by atoms with van der Waals surface area (Å²) in [6.45, 7) is 9.04. The van der Waals surface area contributed by atoms with E-state index in [2.05, 4.69) is 32.3 Å². The monoisotopic (exact) mass is 420 g/mol. The summed E-state index contributed by atoms with van der Waals surface area (Å²) >= 11 is 7.95. The number of halogens is 3. The first-order chi connectivity index (χ1) is 9.71. The van der Waals surface area contributed by atoms with Crippen molar-refractivity contribution in [1.82, 2.24) is 9.55 Å². The van der Waals surface area contributed by atoms with Crippen LogP contribution in [0.1, 0.15) is 39.6 Å². The minimum Gasteiger partial charge on any atom is -0.324 e. The number of rotatable bonds is 3. The standard InChI is InChI=1S/C16H19ClFIN2/c1-15(2)14(16(15,3)4)21-12-7-9(18)10(19)8-11(12)20-13(21)5-6-17/h7-8,14H,5-6H2,1-4H3. The summed E-state index contributed by atoms with van der Waals surface area (Å²) in [5, 5.41) is 0. The van der Waals surface area contributed by atoms with Crippen LogP contribution in [0.25, 0.3) is 11.0 Å². The predicted octanol–water partition coefficient (Wildman–Crippen LogP) is 5.17. The first-order valence-electron chi connectivity index (χ1n) is 7.13. The van der Waals surface area contributed by atoms with Crippen LogP contribution in [0.2, 0.25) is 0 Å². The zero-order chi connectivity index (χ0) is 15.6. The number of fused-ring (bicyclic) bond motifs is 1. The Morgan fingerprint density at radius 3 is 2.43 bits per heavy atom. The van der Waals surface area contributed by atoms with Crippen molar-refractivity contribution in [2.75, 3.05) is 5.88 Å². The van der Waals surface area contributed by atoms with Crippen LogP contribution >= 0.6 is 34.2 Å². The lowest BCUT2D eigenvalue weighted by Crippen LogP contribution is -2.07. The summed E-state index contributed by atoms with van der Waals surface area (Å²) in [4.78, 5) is 4.70. The van der Waals surface area contributed by atoms with Crippen LogP contribution < -0.4 is 0 Å². The van der Waals surface area contributed by atoms with Crippen molar-refractivity contribution in [2.45, 2.75) is 40.2 Å². The van der Waals surface area contributed by atoms with Gasteiger partial charge in [0.05, 0.1) is 14.6 Å². The lowest BCUT2D eigenvalue weighted by molar-refractivity contribution is 0.457. The van der Waals surface area contributed by atoms with Crippen LogP contribution in [-0.4, -0.2) is 15.4 Å². The van der Waals surface area contributed by atoms with Gasteiger partial charge in [0.2, 0.25) is 0 Å². The van der Waals surface area contributed by atoms with Crippen molar-refractivity contribution < 1.29 is 4.39 Å². The van der Waals surface area contributed by atoms with Gasteiger partial charge in [0.25, 0.3) is 0 Å². The molecule has 1 aliphatic rings. The van der Waals surface area contributed by atoms with Gasteiger partial charge in [-0.2, -0.15) is 0 Å². The summed E-state index contributed by atoms with van der Waals surface area (Å²) in [6.07, 6.45) is 0.705. The summed E-state index contributed by atoms with van der Waals surface area (Å²) < 4.78 is 16.8. The molecule has 0 N–H and O–H groups in total. The molecule has 0 spiro atoms. The van der Waals surface area contributed by atoms with Crippen LogP contribution in [-0.2, 0) is 6.42 Å². The highest BCUT2D eigenvalue weighted by molar-refractivity contribution is 14.1. The average Bonchev–Trinajstić information content (AvgIpc) is 2.65. The lowest BCUT2D eigenvalue weighted by atomic mass is 10.0. The smallest absolute Gasteiger partial charge is 0.138 e. The van der Waals surface area contributed by atoms with Gasteiger partial charge in [0, 0.05) is 24.4 Å². The molecule has 5 heteroatoms. The van der Waals surface area contributed by atoms with E-state index in [1.54, 1.807) is 6.07 Å². The van der Waals surface area contributed by atoms with Gasteiger partial charge in [-0.1, -0.05) is 27.7 Å². The fourth-order valence-corrected chi connectivity index (χ4v) is 4.12.